The van der Waals surface area contributed by atoms with Crippen molar-refractivity contribution in [1.82, 2.24) is 15.1 Å². The molecule has 0 bridgehead atoms. The summed E-state index contributed by atoms with van der Waals surface area (Å²) in [4.78, 5) is 12.0. The fraction of sp³-hybridized carbons (Fsp3) is 0.583. The number of rotatable bonds is 5. The van der Waals surface area contributed by atoms with Gasteiger partial charge in [-0.25, -0.2) is 17.9 Å². The summed E-state index contributed by atoms with van der Waals surface area (Å²) in [6.07, 6.45) is 4.25. The number of nitrogens with zero attached hydrogens (tertiary/aromatic N) is 2. The minimum absolute atomic E-state index is 0.0800. The number of hydrogen-bond donors (Lipinski definition) is 2. The third kappa shape index (κ3) is 5.03. The van der Waals surface area contributed by atoms with Crippen molar-refractivity contribution in [2.24, 2.45) is 0 Å². The summed E-state index contributed by atoms with van der Waals surface area (Å²) >= 11 is 0. The molecule has 0 saturated heterocycles. The number of carbonyl (C=O) groups is 1. The molecule has 2 N–H and O–H groups in total. The number of fused-ring (bicyclic) bond motifs is 1. The van der Waals surface area contributed by atoms with Crippen LogP contribution in [0.1, 0.15) is 75.6 Å². The van der Waals surface area contributed by atoms with Crippen LogP contribution in [0.15, 0.2) is 24.3 Å². The molecule has 0 spiro atoms. The number of nitrogens with one attached hydrogen (secondary N) is 2. The Balaban J connectivity index is 1.32. The van der Waals surface area contributed by atoms with Crippen LogP contribution < -0.4 is 10.6 Å². The lowest BCUT2D eigenvalue weighted by molar-refractivity contribution is 0.0996. The van der Waals surface area contributed by atoms with E-state index in [1.165, 1.54) is 0 Å². The van der Waals surface area contributed by atoms with Crippen LogP contribution in [-0.2, 0) is 31.6 Å². The minimum Gasteiger partial charge on any atom is -0.446 e. The number of anilines is 2. The summed E-state index contributed by atoms with van der Waals surface area (Å²) in [6.45, 7) is 6.31. The Bertz CT molecular complexity index is 1180. The Morgan fingerprint density at radius 3 is 2.58 bits per heavy atom. The fourth-order valence-electron chi connectivity index (χ4n) is 4.75. The van der Waals surface area contributed by atoms with Crippen LogP contribution in [0.2, 0.25) is 0 Å². The number of benzene rings is 1. The molecule has 0 unspecified atom stereocenters. The second-order valence-electron chi connectivity index (χ2n) is 10.6. The largest absolute Gasteiger partial charge is 0.446 e. The molecule has 1 aromatic carbocycles. The molecule has 2 aliphatic carbocycles. The second-order valence-corrected chi connectivity index (χ2v) is 12.7. The molecule has 0 radical (unpaired) electrons. The first-order valence-corrected chi connectivity index (χ1v) is 13.5. The minimum atomic E-state index is -3.04. The molecule has 3 aliphatic rings. The van der Waals surface area contributed by atoms with Crippen LogP contribution in [0.3, 0.4) is 0 Å². The van der Waals surface area contributed by atoms with Gasteiger partial charge in [-0.15, -0.1) is 0 Å². The smallest absolute Gasteiger partial charge is 0.407 e. The van der Waals surface area contributed by atoms with Gasteiger partial charge in [-0.1, -0.05) is 6.07 Å². The Labute approximate surface area is 195 Å². The van der Waals surface area contributed by atoms with Crippen LogP contribution in [0.4, 0.5) is 16.3 Å². The highest BCUT2D eigenvalue weighted by Gasteiger charge is 2.33. The monoisotopic (exact) mass is 472 g/mol. The fourth-order valence-corrected chi connectivity index (χ4v) is 6.35. The van der Waals surface area contributed by atoms with E-state index in [4.69, 9.17) is 9.84 Å². The van der Waals surface area contributed by atoms with E-state index in [1.54, 1.807) is 0 Å². The third-order valence-electron chi connectivity index (χ3n) is 6.57. The molecule has 2 heterocycles. The van der Waals surface area contributed by atoms with Gasteiger partial charge in [-0.2, -0.15) is 5.10 Å². The maximum absolute atomic E-state index is 12.0. The number of amides is 1. The van der Waals surface area contributed by atoms with E-state index >= 15 is 0 Å². The Morgan fingerprint density at radius 2 is 1.85 bits per heavy atom. The Morgan fingerprint density at radius 1 is 1.09 bits per heavy atom. The highest BCUT2D eigenvalue weighted by atomic mass is 32.2. The predicted octanol–water partition coefficient (Wildman–Crippen LogP) is 4.33. The molecular formula is C24H32N4O4S. The molecule has 1 aromatic heterocycles. The molecule has 33 heavy (non-hydrogen) atoms. The van der Waals surface area contributed by atoms with Gasteiger partial charge in [-0.3, -0.25) is 0 Å². The van der Waals surface area contributed by atoms with Crippen molar-refractivity contribution in [3.8, 4) is 0 Å². The average molecular weight is 473 g/mol. The van der Waals surface area contributed by atoms with Crippen molar-refractivity contribution in [1.29, 1.82) is 0 Å². The first kappa shape index (κ1) is 22.3. The van der Waals surface area contributed by atoms with E-state index in [0.29, 0.717) is 6.04 Å². The summed E-state index contributed by atoms with van der Waals surface area (Å²) < 4.78 is 31.6. The lowest BCUT2D eigenvalue weighted by atomic mass is 10.0. The summed E-state index contributed by atoms with van der Waals surface area (Å²) in [5, 5.41) is 11.3. The zero-order valence-corrected chi connectivity index (χ0v) is 20.2. The maximum Gasteiger partial charge on any atom is 0.407 e. The second kappa shape index (κ2) is 8.04. The van der Waals surface area contributed by atoms with Gasteiger partial charge >= 0.3 is 6.09 Å². The SMILES string of the molecule is CC(C)(C)n1nc([C@H]2CC[C@@H](OC(=O)NC3CC3)C2)cc1Nc1ccc2c(c1)CS(=O)(=O)C2. The van der Waals surface area contributed by atoms with Crippen molar-refractivity contribution >= 4 is 27.4 Å². The summed E-state index contributed by atoms with van der Waals surface area (Å²) in [5.41, 5.74) is 3.35. The van der Waals surface area contributed by atoms with Crippen molar-refractivity contribution in [3.63, 3.8) is 0 Å². The third-order valence-corrected chi connectivity index (χ3v) is 8.07. The van der Waals surface area contributed by atoms with Crippen LogP contribution >= 0.6 is 0 Å². The van der Waals surface area contributed by atoms with E-state index in [9.17, 15) is 13.2 Å². The Hall–Kier alpha value is -2.55. The molecule has 2 fully saturated rings. The van der Waals surface area contributed by atoms with Gasteiger partial charge in [0, 0.05) is 23.7 Å². The van der Waals surface area contributed by atoms with Gasteiger partial charge in [0.05, 0.1) is 22.7 Å². The molecule has 8 nitrogen and oxygen atoms in total. The molecule has 178 valence electrons. The van der Waals surface area contributed by atoms with E-state index < -0.39 is 9.84 Å². The molecule has 2 atom stereocenters. The Kier molecular flexibility index (Phi) is 5.42. The topological polar surface area (TPSA) is 102 Å². The highest BCUT2D eigenvalue weighted by Crippen LogP contribution is 2.38. The van der Waals surface area contributed by atoms with E-state index in [0.717, 1.165) is 60.4 Å². The number of carbonyl (C=O) groups excluding carboxylic acids is 1. The number of sulfone groups is 1. The van der Waals surface area contributed by atoms with Crippen molar-refractivity contribution in [3.05, 3.63) is 41.1 Å². The van der Waals surface area contributed by atoms with Crippen LogP contribution in [0.25, 0.3) is 0 Å². The highest BCUT2D eigenvalue weighted by molar-refractivity contribution is 7.90. The standard InChI is InChI=1S/C24H32N4O4S/c1-24(2,3)28-22(25-19-6-4-16-13-33(30,31)14-17(16)10-19)12-21(27-28)15-5-9-20(11-15)32-23(29)26-18-7-8-18/h4,6,10,12,15,18,20,25H,5,7-9,11,13-14H2,1-3H3,(H,26,29)/t15-,20+/m0/s1. The van der Waals surface area contributed by atoms with Crippen molar-refractivity contribution in [2.75, 3.05) is 5.32 Å². The molecule has 1 amide bonds. The van der Waals surface area contributed by atoms with Gasteiger partial charge in [0.1, 0.15) is 11.9 Å². The number of aromatic nitrogens is 2. The summed E-state index contributed by atoms with van der Waals surface area (Å²) in [5.74, 6) is 1.32. The molecule has 9 heteroatoms. The lowest BCUT2D eigenvalue weighted by Gasteiger charge is -2.23. The van der Waals surface area contributed by atoms with Gasteiger partial charge < -0.3 is 15.4 Å². The molecule has 2 saturated carbocycles. The molecule has 2 aromatic rings. The average Bonchev–Trinajstić information content (AvgIpc) is 3.09. The normalized spacial score (nSPS) is 23.8. The predicted molar refractivity (Wildman–Crippen MR) is 126 cm³/mol. The van der Waals surface area contributed by atoms with Gasteiger partial charge in [0.2, 0.25) is 0 Å². The van der Waals surface area contributed by atoms with Crippen molar-refractivity contribution in [2.45, 2.75) is 88.0 Å². The van der Waals surface area contributed by atoms with Crippen molar-refractivity contribution < 1.29 is 17.9 Å². The van der Waals surface area contributed by atoms with E-state index in [1.807, 2.05) is 22.9 Å². The maximum atomic E-state index is 12.0. The van der Waals surface area contributed by atoms with Crippen LogP contribution in [0, 0.1) is 0 Å². The van der Waals surface area contributed by atoms with Gasteiger partial charge in [0.25, 0.3) is 0 Å². The van der Waals surface area contributed by atoms with E-state index in [-0.39, 0.29) is 35.2 Å². The van der Waals surface area contributed by atoms with Crippen LogP contribution in [0.5, 0.6) is 0 Å². The number of hydrogen-bond acceptors (Lipinski definition) is 6. The molecule has 5 rings (SSSR count). The zero-order chi connectivity index (χ0) is 23.4. The number of alkyl carbamates (subject to hydrolysis) is 1. The summed E-state index contributed by atoms with van der Waals surface area (Å²) in [6, 6.07) is 8.12. The molecular weight excluding hydrogens is 440 g/mol. The quantitative estimate of drug-likeness (QED) is 0.671. The zero-order valence-electron chi connectivity index (χ0n) is 19.4. The first-order valence-electron chi connectivity index (χ1n) is 11.7. The van der Waals surface area contributed by atoms with Crippen LogP contribution in [-0.4, -0.2) is 36.4 Å². The molecule has 1 aliphatic heterocycles. The lowest BCUT2D eigenvalue weighted by Crippen LogP contribution is -2.29. The van der Waals surface area contributed by atoms with E-state index in [2.05, 4.69) is 37.5 Å². The van der Waals surface area contributed by atoms with Gasteiger partial charge in [0.15, 0.2) is 9.84 Å². The first-order chi connectivity index (χ1) is 15.6. The van der Waals surface area contributed by atoms with Gasteiger partial charge in [-0.05, 0) is 76.1 Å². The number of ether oxygens (including phenoxy) is 1. The summed E-state index contributed by atoms with van der Waals surface area (Å²) in [7, 11) is -3.04.